The van der Waals surface area contributed by atoms with Crippen molar-refractivity contribution in [3.8, 4) is 0 Å². The minimum Gasteiger partial charge on any atom is -0.371 e. The highest BCUT2D eigenvalue weighted by atomic mass is 16.2. The van der Waals surface area contributed by atoms with Gasteiger partial charge >= 0.3 is 0 Å². The van der Waals surface area contributed by atoms with Crippen molar-refractivity contribution < 1.29 is 9.59 Å². The molecule has 138 valence electrons. The summed E-state index contributed by atoms with van der Waals surface area (Å²) in [6.45, 7) is 7.79. The maximum Gasteiger partial charge on any atom is 0.246 e. The van der Waals surface area contributed by atoms with E-state index in [1.165, 1.54) is 12.8 Å². The second-order valence-electron chi connectivity index (χ2n) is 7.20. The summed E-state index contributed by atoms with van der Waals surface area (Å²) in [5.74, 6) is -0.205. The Morgan fingerprint density at radius 3 is 2.48 bits per heavy atom. The van der Waals surface area contributed by atoms with Gasteiger partial charge in [-0.15, -0.1) is 0 Å². The number of nitrogens with zero attached hydrogens (tertiary/aromatic N) is 1. The molecule has 0 saturated carbocycles. The zero-order chi connectivity index (χ0) is 18.4. The largest absolute Gasteiger partial charge is 0.371 e. The van der Waals surface area contributed by atoms with Crippen LogP contribution in [-0.4, -0.2) is 37.0 Å². The molecule has 4 N–H and O–H groups in total. The molecule has 1 saturated heterocycles. The van der Waals surface area contributed by atoms with Crippen molar-refractivity contribution >= 4 is 23.2 Å². The van der Waals surface area contributed by atoms with Crippen molar-refractivity contribution in [2.45, 2.75) is 52.1 Å². The molecule has 25 heavy (non-hydrogen) atoms. The van der Waals surface area contributed by atoms with Crippen molar-refractivity contribution in [2.75, 3.05) is 23.3 Å². The molecule has 1 aromatic carbocycles. The average Bonchev–Trinajstić information content (AvgIpc) is 3.08. The van der Waals surface area contributed by atoms with Crippen molar-refractivity contribution in [1.29, 1.82) is 0 Å². The van der Waals surface area contributed by atoms with Crippen molar-refractivity contribution in [3.05, 3.63) is 24.3 Å². The molecule has 1 unspecified atom stereocenters. The van der Waals surface area contributed by atoms with E-state index in [0.717, 1.165) is 24.5 Å². The predicted octanol–water partition coefficient (Wildman–Crippen LogP) is 2.10. The Morgan fingerprint density at radius 1 is 1.16 bits per heavy atom. The Kier molecular flexibility index (Phi) is 6.82. The van der Waals surface area contributed by atoms with E-state index < -0.39 is 12.1 Å². The second kappa shape index (κ2) is 8.85. The molecule has 6 nitrogen and oxygen atoms in total. The van der Waals surface area contributed by atoms with Gasteiger partial charge in [-0.2, -0.15) is 0 Å². The van der Waals surface area contributed by atoms with Crippen LogP contribution in [0.1, 0.15) is 40.0 Å². The van der Waals surface area contributed by atoms with Crippen LogP contribution in [0, 0.1) is 5.92 Å². The van der Waals surface area contributed by atoms with Crippen LogP contribution in [-0.2, 0) is 9.59 Å². The number of benzene rings is 1. The Bertz CT molecular complexity index is 597. The number of amides is 2. The lowest BCUT2D eigenvalue weighted by molar-refractivity contribution is -0.127. The van der Waals surface area contributed by atoms with Gasteiger partial charge in [-0.3, -0.25) is 9.59 Å². The summed E-state index contributed by atoms with van der Waals surface area (Å²) >= 11 is 0. The molecule has 1 fully saturated rings. The van der Waals surface area contributed by atoms with Crippen LogP contribution >= 0.6 is 0 Å². The van der Waals surface area contributed by atoms with E-state index in [2.05, 4.69) is 21.6 Å². The first kappa shape index (κ1) is 19.2. The summed E-state index contributed by atoms with van der Waals surface area (Å²) in [7, 11) is 0. The molecule has 0 aliphatic carbocycles. The van der Waals surface area contributed by atoms with Crippen LogP contribution in [0.2, 0.25) is 0 Å². The number of hydrogen-bond acceptors (Lipinski definition) is 4. The van der Waals surface area contributed by atoms with Gasteiger partial charge in [-0.25, -0.2) is 0 Å². The molecule has 2 atom stereocenters. The Hall–Kier alpha value is -2.08. The topological polar surface area (TPSA) is 87.5 Å². The van der Waals surface area contributed by atoms with Gasteiger partial charge < -0.3 is 21.3 Å². The van der Waals surface area contributed by atoms with E-state index in [0.29, 0.717) is 12.3 Å². The molecule has 1 aliphatic rings. The highest BCUT2D eigenvalue weighted by molar-refractivity contribution is 5.97. The first-order chi connectivity index (χ1) is 11.9. The van der Waals surface area contributed by atoms with Gasteiger partial charge in [0, 0.05) is 24.5 Å². The number of nitrogens with two attached hydrogens (primary N) is 1. The first-order valence-corrected chi connectivity index (χ1v) is 9.08. The number of hydrogen-bond donors (Lipinski definition) is 3. The Balaban J connectivity index is 1.90. The fraction of sp³-hybridized carbons (Fsp3) is 0.579. The van der Waals surface area contributed by atoms with Crippen LogP contribution < -0.4 is 21.3 Å². The third-order valence-electron chi connectivity index (χ3n) is 4.40. The fourth-order valence-electron chi connectivity index (χ4n) is 3.01. The number of anilines is 2. The Labute approximate surface area is 150 Å². The minimum absolute atomic E-state index is 0.247. The second-order valence-corrected chi connectivity index (χ2v) is 7.20. The number of nitrogens with one attached hydrogen (secondary N) is 2. The minimum atomic E-state index is -0.638. The molecule has 2 amide bonds. The summed E-state index contributed by atoms with van der Waals surface area (Å²) in [5, 5.41) is 5.56. The molecule has 0 bridgehead atoms. The van der Waals surface area contributed by atoms with E-state index in [-0.39, 0.29) is 11.8 Å². The third kappa shape index (κ3) is 5.74. The molecule has 2 rings (SSSR count). The molecule has 6 heteroatoms. The molecular formula is C19H30N4O2. The number of carbonyl (C=O) groups excluding carboxylic acids is 2. The molecule has 1 aromatic rings. The van der Waals surface area contributed by atoms with Crippen LogP contribution in [0.4, 0.5) is 11.4 Å². The van der Waals surface area contributed by atoms with Crippen molar-refractivity contribution in [3.63, 3.8) is 0 Å². The van der Waals surface area contributed by atoms with Gasteiger partial charge in [0.1, 0.15) is 6.04 Å². The zero-order valence-electron chi connectivity index (χ0n) is 15.4. The molecule has 1 aliphatic heterocycles. The van der Waals surface area contributed by atoms with Gasteiger partial charge in [0.05, 0.1) is 6.04 Å². The SMILES string of the molecule is CC(C)C[C@H](N)C(=O)NC(C)C(=O)Nc1cccc(N2CCCC2)c1. The molecular weight excluding hydrogens is 316 g/mol. The summed E-state index contributed by atoms with van der Waals surface area (Å²) in [6.07, 6.45) is 3.00. The highest BCUT2D eigenvalue weighted by Crippen LogP contribution is 2.23. The highest BCUT2D eigenvalue weighted by Gasteiger charge is 2.21. The van der Waals surface area contributed by atoms with Gasteiger partial charge in [-0.1, -0.05) is 19.9 Å². The lowest BCUT2D eigenvalue weighted by Crippen LogP contribution is -2.49. The fourth-order valence-corrected chi connectivity index (χ4v) is 3.01. The maximum atomic E-state index is 12.3. The zero-order valence-corrected chi connectivity index (χ0v) is 15.4. The third-order valence-corrected chi connectivity index (χ3v) is 4.40. The lowest BCUT2D eigenvalue weighted by Gasteiger charge is -2.20. The standard InChI is InChI=1S/C19H30N4O2/c1-13(2)11-17(20)19(25)21-14(3)18(24)22-15-7-6-8-16(12-15)23-9-4-5-10-23/h6-8,12-14,17H,4-5,9-11,20H2,1-3H3,(H,21,25)(H,22,24)/t14?,17-/m0/s1. The first-order valence-electron chi connectivity index (χ1n) is 9.08. The van der Waals surface area contributed by atoms with Gasteiger partial charge in [-0.05, 0) is 50.3 Å². The van der Waals surface area contributed by atoms with Gasteiger partial charge in [0.25, 0.3) is 0 Å². The van der Waals surface area contributed by atoms with E-state index >= 15 is 0 Å². The van der Waals surface area contributed by atoms with E-state index in [1.54, 1.807) is 6.92 Å². The predicted molar refractivity (Wildman–Crippen MR) is 102 cm³/mol. The molecule has 0 spiro atoms. The average molecular weight is 346 g/mol. The summed E-state index contributed by atoms with van der Waals surface area (Å²) in [6, 6.07) is 6.59. The van der Waals surface area contributed by atoms with Crippen LogP contribution in [0.3, 0.4) is 0 Å². The summed E-state index contributed by atoms with van der Waals surface area (Å²) in [4.78, 5) is 26.7. The normalized spacial score (nSPS) is 16.6. The van der Waals surface area contributed by atoms with E-state index in [9.17, 15) is 9.59 Å². The lowest BCUT2D eigenvalue weighted by atomic mass is 10.0. The van der Waals surface area contributed by atoms with Crippen LogP contribution in [0.15, 0.2) is 24.3 Å². The maximum absolute atomic E-state index is 12.3. The van der Waals surface area contributed by atoms with Crippen molar-refractivity contribution in [2.24, 2.45) is 11.7 Å². The smallest absolute Gasteiger partial charge is 0.246 e. The van der Waals surface area contributed by atoms with Crippen LogP contribution in [0.25, 0.3) is 0 Å². The van der Waals surface area contributed by atoms with E-state index in [4.69, 9.17) is 5.73 Å². The summed E-state index contributed by atoms with van der Waals surface area (Å²) < 4.78 is 0. The molecule has 1 heterocycles. The number of rotatable bonds is 7. The van der Waals surface area contributed by atoms with E-state index in [1.807, 2.05) is 32.0 Å². The molecule has 0 aromatic heterocycles. The molecule has 0 radical (unpaired) electrons. The number of carbonyl (C=O) groups is 2. The van der Waals surface area contributed by atoms with Crippen LogP contribution in [0.5, 0.6) is 0 Å². The Morgan fingerprint density at radius 2 is 1.84 bits per heavy atom. The van der Waals surface area contributed by atoms with Gasteiger partial charge in [0.2, 0.25) is 11.8 Å². The van der Waals surface area contributed by atoms with Gasteiger partial charge in [0.15, 0.2) is 0 Å². The van der Waals surface area contributed by atoms with Crippen molar-refractivity contribution in [1.82, 2.24) is 5.32 Å². The quantitative estimate of drug-likeness (QED) is 0.705. The monoisotopic (exact) mass is 346 g/mol. The summed E-state index contributed by atoms with van der Waals surface area (Å²) in [5.41, 5.74) is 7.71.